The maximum atomic E-state index is 5.04. The van der Waals surface area contributed by atoms with Crippen molar-refractivity contribution in [2.45, 2.75) is 77.0 Å². The van der Waals surface area contributed by atoms with Crippen molar-refractivity contribution in [3.8, 4) is 11.4 Å². The molecule has 0 atom stereocenters. The molecule has 184 valence electrons. The van der Waals surface area contributed by atoms with Crippen molar-refractivity contribution in [1.82, 2.24) is 19.6 Å². The van der Waals surface area contributed by atoms with E-state index in [1.54, 1.807) is 0 Å². The molecule has 5 rings (SSSR count). The van der Waals surface area contributed by atoms with Crippen molar-refractivity contribution in [2.75, 3.05) is 0 Å². The first-order valence-electron chi connectivity index (χ1n) is 12.0. The van der Waals surface area contributed by atoms with E-state index in [9.17, 15) is 0 Å². The molecule has 1 aliphatic heterocycles. The van der Waals surface area contributed by atoms with Gasteiger partial charge in [-0.15, -0.1) is 12.1 Å². The molecule has 0 aliphatic carbocycles. The molecule has 0 fully saturated rings. The third-order valence-corrected chi connectivity index (χ3v) is 8.98. The van der Waals surface area contributed by atoms with Crippen LogP contribution >= 0.6 is 0 Å². The molecule has 0 saturated carbocycles. The average Bonchev–Trinajstić information content (AvgIpc) is 3.49. The molecule has 1 aliphatic rings. The molecule has 8 bridgehead atoms. The number of hydrogen-bond acceptors (Lipinski definition) is 2. The molecule has 35 heavy (non-hydrogen) atoms. The number of hydrogen-bond donors (Lipinski definition) is 0. The summed E-state index contributed by atoms with van der Waals surface area (Å²) in [6, 6.07) is 24.4. The van der Waals surface area contributed by atoms with Crippen molar-refractivity contribution in [3.05, 3.63) is 95.6 Å². The predicted octanol–water partition coefficient (Wildman–Crippen LogP) is 6.48. The summed E-state index contributed by atoms with van der Waals surface area (Å²) in [5.74, 6) is 0. The molecule has 3 heterocycles. The van der Waals surface area contributed by atoms with Crippen LogP contribution in [0.4, 0.5) is 0 Å². The molecular weight excluding hydrogens is 611 g/mol. The Balaban J connectivity index is 0.00000289. The van der Waals surface area contributed by atoms with Crippen LogP contribution in [0.2, 0.25) is 0 Å². The largest absolute Gasteiger partial charge is 2.00 e. The van der Waals surface area contributed by atoms with Gasteiger partial charge in [0.05, 0.1) is 11.4 Å². The van der Waals surface area contributed by atoms with E-state index in [1.165, 1.54) is 0 Å². The van der Waals surface area contributed by atoms with Gasteiger partial charge in [-0.3, -0.25) is 9.36 Å². The van der Waals surface area contributed by atoms with Crippen LogP contribution in [0, 0.1) is 12.1 Å². The van der Waals surface area contributed by atoms with Gasteiger partial charge in [-0.05, 0) is 34.3 Å². The average molecular weight is 646 g/mol. The summed E-state index contributed by atoms with van der Waals surface area (Å²) in [6.07, 6.45) is 4.10. The molecule has 0 N–H and O–H groups in total. The summed E-state index contributed by atoms with van der Waals surface area (Å²) < 4.78 is 3.91. The smallest absolute Gasteiger partial charge is 0.265 e. The van der Waals surface area contributed by atoms with E-state index in [1.807, 2.05) is 9.36 Å². The zero-order valence-corrected chi connectivity index (χ0v) is 24.2. The van der Waals surface area contributed by atoms with Crippen molar-refractivity contribution in [1.29, 1.82) is 0 Å². The molecule has 4 nitrogen and oxygen atoms in total. The summed E-state index contributed by atoms with van der Waals surface area (Å²) in [5, 5.41) is 10.1. The van der Waals surface area contributed by atoms with Crippen LogP contribution in [0.25, 0.3) is 11.4 Å². The van der Waals surface area contributed by atoms with Crippen LogP contribution in [0.15, 0.2) is 60.9 Å². The Labute approximate surface area is 224 Å². The second-order valence-corrected chi connectivity index (χ2v) is 11.7. The molecule has 0 unspecified atom stereocenters. The first kappa shape index (κ1) is 25.6. The fourth-order valence-corrected chi connectivity index (χ4v) is 4.81. The van der Waals surface area contributed by atoms with Crippen molar-refractivity contribution in [3.63, 3.8) is 0 Å². The summed E-state index contributed by atoms with van der Waals surface area (Å²) in [4.78, 5) is 0. The van der Waals surface area contributed by atoms with Gasteiger partial charge in [0.25, 0.3) is 0 Å². The Kier molecular flexibility index (Phi) is 6.08. The zero-order valence-electron chi connectivity index (χ0n) is 21.9. The standard InChI is InChI=1S/C30H34N4.Pt/c1-27(2)21-11-9-13-23(19-21)33-17-15-25(31-33)29(5,6)30(7,8)26-16-18-34(32-26)24-14-10-12-22(20-24)28(27,3)4;/h9-18H,1-8H3;/q-2;+2. The predicted molar refractivity (Wildman–Crippen MR) is 137 cm³/mol. The van der Waals surface area contributed by atoms with Gasteiger partial charge in [-0.2, -0.15) is 57.7 Å². The maximum absolute atomic E-state index is 5.04. The summed E-state index contributed by atoms with van der Waals surface area (Å²) in [5.41, 5.74) is 5.36. The van der Waals surface area contributed by atoms with Crippen LogP contribution in [-0.2, 0) is 42.7 Å². The molecule has 4 aromatic rings. The second-order valence-electron chi connectivity index (χ2n) is 11.7. The molecule has 5 heteroatoms. The van der Waals surface area contributed by atoms with E-state index in [2.05, 4.69) is 128 Å². The van der Waals surface area contributed by atoms with E-state index in [-0.39, 0.29) is 42.7 Å². The van der Waals surface area contributed by atoms with Crippen LogP contribution in [0.5, 0.6) is 0 Å². The number of nitrogens with zero attached hydrogens (tertiary/aromatic N) is 4. The van der Waals surface area contributed by atoms with Gasteiger partial charge in [0.2, 0.25) is 0 Å². The molecule has 2 aromatic heterocycles. The van der Waals surface area contributed by atoms with E-state index in [4.69, 9.17) is 10.2 Å². The van der Waals surface area contributed by atoms with Gasteiger partial charge in [-0.25, -0.2) is 0 Å². The van der Waals surface area contributed by atoms with Crippen molar-refractivity contribution in [2.24, 2.45) is 0 Å². The van der Waals surface area contributed by atoms with E-state index in [0.717, 1.165) is 33.9 Å². The summed E-state index contributed by atoms with van der Waals surface area (Å²) >= 11 is 0. The van der Waals surface area contributed by atoms with E-state index < -0.39 is 0 Å². The molecule has 0 saturated heterocycles. The van der Waals surface area contributed by atoms with Gasteiger partial charge in [0, 0.05) is 23.2 Å². The first-order chi connectivity index (χ1) is 15.9. The van der Waals surface area contributed by atoms with Crippen molar-refractivity contribution >= 4 is 0 Å². The third-order valence-electron chi connectivity index (χ3n) is 8.98. The first-order valence-corrected chi connectivity index (χ1v) is 12.0. The van der Waals surface area contributed by atoms with Crippen molar-refractivity contribution < 1.29 is 21.1 Å². The third kappa shape index (κ3) is 3.76. The number of rotatable bonds is 0. The quantitative estimate of drug-likeness (QED) is 0.205. The fraction of sp³-hybridized carbons (Fsp3) is 0.400. The Morgan fingerprint density at radius 1 is 0.543 bits per heavy atom. The van der Waals surface area contributed by atoms with E-state index >= 15 is 0 Å². The van der Waals surface area contributed by atoms with Crippen LogP contribution in [0.1, 0.15) is 77.9 Å². The molecule has 2 aromatic carbocycles. The Hall–Kier alpha value is -2.45. The van der Waals surface area contributed by atoms with Gasteiger partial charge >= 0.3 is 21.1 Å². The van der Waals surface area contributed by atoms with E-state index in [0.29, 0.717) is 0 Å². The minimum absolute atomic E-state index is 0. The van der Waals surface area contributed by atoms with Gasteiger partial charge in [0.15, 0.2) is 0 Å². The monoisotopic (exact) mass is 645 g/mol. The van der Waals surface area contributed by atoms with Gasteiger partial charge < -0.3 is 0 Å². The van der Waals surface area contributed by atoms with Crippen LogP contribution < -0.4 is 0 Å². The Morgan fingerprint density at radius 3 is 1.29 bits per heavy atom. The zero-order chi connectivity index (χ0) is 24.5. The number of fused-ring (bicyclic) bond motifs is 10. The summed E-state index contributed by atoms with van der Waals surface area (Å²) in [7, 11) is 0. The number of aromatic nitrogens is 4. The topological polar surface area (TPSA) is 35.6 Å². The van der Waals surface area contributed by atoms with Gasteiger partial charge in [0.1, 0.15) is 0 Å². The maximum Gasteiger partial charge on any atom is 2.00 e. The molecule has 0 radical (unpaired) electrons. The van der Waals surface area contributed by atoms with Crippen LogP contribution in [-0.4, -0.2) is 19.6 Å². The normalized spacial score (nSPS) is 19.0. The van der Waals surface area contributed by atoms with Crippen LogP contribution in [0.3, 0.4) is 0 Å². The minimum Gasteiger partial charge on any atom is -0.265 e. The molecule has 0 amide bonds. The minimum atomic E-state index is -0.251. The summed E-state index contributed by atoms with van der Waals surface area (Å²) in [6.45, 7) is 18.2. The number of benzene rings is 2. The molecular formula is C30H34N4Pt. The Bertz CT molecular complexity index is 1260. The fourth-order valence-electron chi connectivity index (χ4n) is 4.81. The Morgan fingerprint density at radius 2 is 0.914 bits per heavy atom. The second kappa shape index (κ2) is 8.30. The SMILES string of the molecule is CC1(C)c2[c-]c(ccc2)-n2ccc(n2)C(C)(C)C(C)(C)c2ccn(n2)-c2[c-]c(ccc2)C1(C)C.[Pt+2]. The van der Waals surface area contributed by atoms with Gasteiger partial charge in [-0.1, -0.05) is 55.4 Å². The molecule has 0 spiro atoms.